The van der Waals surface area contributed by atoms with Crippen molar-refractivity contribution in [2.45, 2.75) is 13.8 Å². The molecule has 3 rings (SSSR count). The first-order valence-corrected chi connectivity index (χ1v) is 10.7. The number of hydrogen-bond donors (Lipinski definition) is 3. The number of rotatable bonds is 8. The zero-order valence-corrected chi connectivity index (χ0v) is 19.6. The lowest BCUT2D eigenvalue weighted by Crippen LogP contribution is -2.32. The number of methoxy groups -OCH3 is 1. The standard InChI is InChI=1S/C26H26N4O5/c1-17-4-9-20(10-5-17)28-24(31)16-35-22-13-8-19(14-23(22)34-3)15-27-30-26(33)25(32)29-21-11-6-18(2)7-12-21/h4-15H,16H2,1-3H3,(H,28,31)(H,29,32)(H,30,33)/b27-15-. The third kappa shape index (κ3) is 7.71. The molecule has 0 bridgehead atoms. The van der Waals surface area contributed by atoms with Crippen molar-refractivity contribution in [1.29, 1.82) is 0 Å². The summed E-state index contributed by atoms with van der Waals surface area (Å²) in [6.07, 6.45) is 1.35. The van der Waals surface area contributed by atoms with E-state index in [1.165, 1.54) is 13.3 Å². The smallest absolute Gasteiger partial charge is 0.329 e. The van der Waals surface area contributed by atoms with Gasteiger partial charge in [-0.05, 0) is 61.9 Å². The van der Waals surface area contributed by atoms with Gasteiger partial charge in [0, 0.05) is 11.4 Å². The number of benzene rings is 3. The molecule has 0 aliphatic heterocycles. The zero-order valence-electron chi connectivity index (χ0n) is 19.6. The summed E-state index contributed by atoms with van der Waals surface area (Å²) >= 11 is 0. The Morgan fingerprint density at radius 3 is 2.00 bits per heavy atom. The second-order valence-corrected chi connectivity index (χ2v) is 7.63. The van der Waals surface area contributed by atoms with Crippen molar-refractivity contribution < 1.29 is 23.9 Å². The van der Waals surface area contributed by atoms with Crippen molar-refractivity contribution in [2.75, 3.05) is 24.4 Å². The SMILES string of the molecule is COc1cc(/C=N\NC(=O)C(=O)Nc2ccc(C)cc2)ccc1OCC(=O)Nc1ccc(C)cc1. The Morgan fingerprint density at radius 1 is 0.800 bits per heavy atom. The number of amides is 3. The molecule has 9 heteroatoms. The largest absolute Gasteiger partial charge is 0.493 e. The molecule has 0 radical (unpaired) electrons. The predicted octanol–water partition coefficient (Wildman–Crippen LogP) is 3.42. The number of hydrazone groups is 1. The highest BCUT2D eigenvalue weighted by atomic mass is 16.5. The molecule has 35 heavy (non-hydrogen) atoms. The second kappa shape index (κ2) is 12.0. The second-order valence-electron chi connectivity index (χ2n) is 7.63. The van der Waals surface area contributed by atoms with Gasteiger partial charge >= 0.3 is 11.8 Å². The van der Waals surface area contributed by atoms with Crippen molar-refractivity contribution in [2.24, 2.45) is 5.10 Å². The summed E-state index contributed by atoms with van der Waals surface area (Å²) in [4.78, 5) is 36.1. The maximum atomic E-state index is 12.2. The van der Waals surface area contributed by atoms with Crippen molar-refractivity contribution in [3.8, 4) is 11.5 Å². The minimum Gasteiger partial charge on any atom is -0.493 e. The molecule has 0 atom stereocenters. The molecule has 0 aromatic heterocycles. The van der Waals surface area contributed by atoms with E-state index < -0.39 is 11.8 Å². The summed E-state index contributed by atoms with van der Waals surface area (Å²) in [5.74, 6) is -1.32. The lowest BCUT2D eigenvalue weighted by atomic mass is 10.2. The highest BCUT2D eigenvalue weighted by Gasteiger charge is 2.13. The van der Waals surface area contributed by atoms with Gasteiger partial charge in [0.15, 0.2) is 18.1 Å². The van der Waals surface area contributed by atoms with E-state index in [1.807, 2.05) is 50.2 Å². The van der Waals surface area contributed by atoms with Crippen LogP contribution in [-0.2, 0) is 14.4 Å². The number of nitrogens with zero attached hydrogens (tertiary/aromatic N) is 1. The monoisotopic (exact) mass is 474 g/mol. The summed E-state index contributed by atoms with van der Waals surface area (Å²) in [6, 6.07) is 19.4. The number of anilines is 2. The maximum absolute atomic E-state index is 12.2. The van der Waals surface area contributed by atoms with Gasteiger partial charge in [0.05, 0.1) is 13.3 Å². The van der Waals surface area contributed by atoms with Crippen LogP contribution in [0.1, 0.15) is 16.7 Å². The zero-order chi connectivity index (χ0) is 25.2. The number of nitrogens with one attached hydrogen (secondary N) is 3. The van der Waals surface area contributed by atoms with Crippen LogP contribution < -0.4 is 25.5 Å². The molecule has 0 aliphatic rings. The average Bonchev–Trinajstić information content (AvgIpc) is 2.85. The molecule has 0 heterocycles. The Kier molecular flexibility index (Phi) is 8.55. The molecule has 0 saturated heterocycles. The normalized spacial score (nSPS) is 10.5. The Labute approximate surface area is 203 Å². The highest BCUT2D eigenvalue weighted by molar-refractivity contribution is 6.39. The molecule has 3 amide bonds. The molecule has 0 aliphatic carbocycles. The lowest BCUT2D eigenvalue weighted by molar-refractivity contribution is -0.136. The molecular formula is C26H26N4O5. The van der Waals surface area contributed by atoms with Gasteiger partial charge in [0.1, 0.15) is 0 Å². The Bertz CT molecular complexity index is 1220. The van der Waals surface area contributed by atoms with E-state index in [0.29, 0.717) is 28.4 Å². The first kappa shape index (κ1) is 25.0. The summed E-state index contributed by atoms with van der Waals surface area (Å²) in [5, 5.41) is 9.05. The third-order valence-corrected chi connectivity index (χ3v) is 4.78. The molecule has 0 saturated carbocycles. The van der Waals surface area contributed by atoms with Crippen LogP contribution in [0, 0.1) is 13.8 Å². The summed E-state index contributed by atoms with van der Waals surface area (Å²) in [5.41, 5.74) is 6.07. The van der Waals surface area contributed by atoms with Gasteiger partial charge in [-0.15, -0.1) is 0 Å². The molecule has 0 spiro atoms. The van der Waals surface area contributed by atoms with Crippen molar-refractivity contribution >= 4 is 35.3 Å². The quantitative estimate of drug-likeness (QED) is 0.263. The Morgan fingerprint density at radius 2 is 1.40 bits per heavy atom. The number of aryl methyl sites for hydroxylation is 2. The first-order chi connectivity index (χ1) is 16.8. The van der Waals surface area contributed by atoms with E-state index in [1.54, 1.807) is 30.3 Å². The molecule has 3 N–H and O–H groups in total. The van der Waals surface area contributed by atoms with Crippen LogP contribution in [-0.4, -0.2) is 37.7 Å². The number of carbonyl (C=O) groups excluding carboxylic acids is 3. The molecule has 0 fully saturated rings. The van der Waals surface area contributed by atoms with Crippen LogP contribution in [0.15, 0.2) is 71.8 Å². The van der Waals surface area contributed by atoms with Gasteiger partial charge in [0.25, 0.3) is 5.91 Å². The van der Waals surface area contributed by atoms with Gasteiger partial charge in [0.2, 0.25) is 0 Å². The Balaban J connectivity index is 1.51. The van der Waals surface area contributed by atoms with E-state index in [9.17, 15) is 14.4 Å². The van der Waals surface area contributed by atoms with Gasteiger partial charge < -0.3 is 20.1 Å². The van der Waals surface area contributed by atoms with Crippen LogP contribution in [0.5, 0.6) is 11.5 Å². The lowest BCUT2D eigenvalue weighted by Gasteiger charge is -2.11. The summed E-state index contributed by atoms with van der Waals surface area (Å²) in [6.45, 7) is 3.68. The summed E-state index contributed by atoms with van der Waals surface area (Å²) < 4.78 is 10.9. The minimum absolute atomic E-state index is 0.205. The van der Waals surface area contributed by atoms with E-state index in [4.69, 9.17) is 9.47 Å². The predicted molar refractivity (Wildman–Crippen MR) is 134 cm³/mol. The molecule has 3 aromatic rings. The fourth-order valence-corrected chi connectivity index (χ4v) is 2.90. The average molecular weight is 475 g/mol. The van der Waals surface area contributed by atoms with Crippen LogP contribution in [0.2, 0.25) is 0 Å². The Hall–Kier alpha value is -4.66. The van der Waals surface area contributed by atoms with Gasteiger partial charge in [-0.3, -0.25) is 14.4 Å². The first-order valence-electron chi connectivity index (χ1n) is 10.7. The van der Waals surface area contributed by atoms with E-state index in [2.05, 4.69) is 21.2 Å². The minimum atomic E-state index is -0.909. The molecule has 0 unspecified atom stereocenters. The summed E-state index contributed by atoms with van der Waals surface area (Å²) in [7, 11) is 1.46. The van der Waals surface area contributed by atoms with E-state index in [0.717, 1.165) is 11.1 Å². The number of carbonyl (C=O) groups is 3. The van der Waals surface area contributed by atoms with Crippen molar-refractivity contribution in [1.82, 2.24) is 5.43 Å². The number of hydrogen-bond acceptors (Lipinski definition) is 6. The van der Waals surface area contributed by atoms with Crippen LogP contribution in [0.4, 0.5) is 11.4 Å². The van der Waals surface area contributed by atoms with Crippen molar-refractivity contribution in [3.63, 3.8) is 0 Å². The van der Waals surface area contributed by atoms with Crippen LogP contribution >= 0.6 is 0 Å². The highest BCUT2D eigenvalue weighted by Crippen LogP contribution is 2.27. The maximum Gasteiger partial charge on any atom is 0.329 e. The number of ether oxygens (including phenoxy) is 2. The van der Waals surface area contributed by atoms with E-state index >= 15 is 0 Å². The van der Waals surface area contributed by atoms with Gasteiger partial charge in [-0.1, -0.05) is 35.4 Å². The molecule has 9 nitrogen and oxygen atoms in total. The molecule has 180 valence electrons. The fourth-order valence-electron chi connectivity index (χ4n) is 2.90. The van der Waals surface area contributed by atoms with Gasteiger partial charge in [-0.25, -0.2) is 5.43 Å². The topological polar surface area (TPSA) is 118 Å². The molecule has 3 aromatic carbocycles. The fraction of sp³-hybridized carbons (Fsp3) is 0.154. The van der Waals surface area contributed by atoms with Crippen LogP contribution in [0.3, 0.4) is 0 Å². The van der Waals surface area contributed by atoms with E-state index in [-0.39, 0.29) is 12.5 Å². The van der Waals surface area contributed by atoms with Crippen LogP contribution in [0.25, 0.3) is 0 Å². The van der Waals surface area contributed by atoms with Gasteiger partial charge in [-0.2, -0.15) is 5.10 Å². The third-order valence-electron chi connectivity index (χ3n) is 4.78. The molecular weight excluding hydrogens is 448 g/mol. The van der Waals surface area contributed by atoms with Crippen molar-refractivity contribution in [3.05, 3.63) is 83.4 Å².